The lowest BCUT2D eigenvalue weighted by Crippen LogP contribution is -2.37. The number of phenolic OH excluding ortho intramolecular Hbond substituents is 1. The molecule has 2 aromatic rings. The molecule has 0 saturated carbocycles. The van der Waals surface area contributed by atoms with Crippen LogP contribution in [-0.4, -0.2) is 16.0 Å². The van der Waals surface area contributed by atoms with Crippen LogP contribution in [0, 0.1) is 0 Å². The minimum absolute atomic E-state index is 0.101. The highest BCUT2D eigenvalue weighted by Gasteiger charge is 2.30. The molecule has 1 atom stereocenters. The maximum atomic E-state index is 11.7. The molecular weight excluding hydrogens is 256 g/mol. The zero-order valence-electron chi connectivity index (χ0n) is 10.9. The van der Waals surface area contributed by atoms with Crippen LogP contribution in [0.3, 0.4) is 0 Å². The third-order valence-corrected chi connectivity index (χ3v) is 3.20. The average Bonchev–Trinajstić information content (AvgIpc) is 3.08. The first-order valence-corrected chi connectivity index (χ1v) is 6.26. The molecule has 3 rings (SSSR count). The monoisotopic (exact) mass is 270 g/mol. The summed E-state index contributed by atoms with van der Waals surface area (Å²) in [6.07, 6.45) is 3.51. The predicted octanol–water partition coefficient (Wildman–Crippen LogP) is 2.43. The van der Waals surface area contributed by atoms with Crippen LogP contribution in [0.1, 0.15) is 24.3 Å². The van der Waals surface area contributed by atoms with Crippen molar-refractivity contribution >= 4 is 11.6 Å². The molecule has 1 aromatic carbocycles. The standard InChI is InChI=1S/C15H14N2O3/c1-10(18)17-14(15-3-2-8-20-15)9-13(16-17)11-4-6-12(19)7-5-11/h2-9,14,16,19H,1H3/t14-/m1/s1. The molecule has 0 saturated heterocycles. The quantitative estimate of drug-likeness (QED) is 0.879. The van der Waals surface area contributed by atoms with Gasteiger partial charge in [-0.1, -0.05) is 0 Å². The van der Waals surface area contributed by atoms with Crippen molar-refractivity contribution in [3.05, 3.63) is 60.1 Å². The summed E-state index contributed by atoms with van der Waals surface area (Å²) in [6, 6.07) is 10.1. The number of hydrogen-bond acceptors (Lipinski definition) is 4. The van der Waals surface area contributed by atoms with E-state index in [4.69, 9.17) is 4.42 Å². The van der Waals surface area contributed by atoms with Crippen molar-refractivity contribution in [3.8, 4) is 5.75 Å². The van der Waals surface area contributed by atoms with Crippen molar-refractivity contribution in [3.63, 3.8) is 0 Å². The smallest absolute Gasteiger partial charge is 0.238 e. The van der Waals surface area contributed by atoms with E-state index in [1.165, 1.54) is 11.9 Å². The molecule has 0 fully saturated rings. The van der Waals surface area contributed by atoms with E-state index in [1.54, 1.807) is 36.6 Å². The van der Waals surface area contributed by atoms with Crippen molar-refractivity contribution in [2.45, 2.75) is 13.0 Å². The number of carbonyl (C=O) groups excluding carboxylic acids is 1. The number of phenols is 1. The largest absolute Gasteiger partial charge is 0.508 e. The highest BCUT2D eigenvalue weighted by atomic mass is 16.3. The van der Waals surface area contributed by atoms with Crippen LogP contribution < -0.4 is 5.43 Å². The molecule has 5 heteroatoms. The van der Waals surface area contributed by atoms with Crippen molar-refractivity contribution < 1.29 is 14.3 Å². The van der Waals surface area contributed by atoms with Gasteiger partial charge in [-0.2, -0.15) is 0 Å². The van der Waals surface area contributed by atoms with Gasteiger partial charge in [0.05, 0.1) is 12.0 Å². The van der Waals surface area contributed by atoms with E-state index in [0.717, 1.165) is 11.3 Å². The first-order chi connectivity index (χ1) is 9.65. The zero-order chi connectivity index (χ0) is 14.1. The Morgan fingerprint density at radius 2 is 2.05 bits per heavy atom. The minimum Gasteiger partial charge on any atom is -0.508 e. The fourth-order valence-electron chi connectivity index (χ4n) is 2.21. The first-order valence-electron chi connectivity index (χ1n) is 6.26. The van der Waals surface area contributed by atoms with E-state index in [9.17, 15) is 9.90 Å². The first kappa shape index (κ1) is 12.3. The Labute approximate surface area is 116 Å². The fraction of sp³-hybridized carbons (Fsp3) is 0.133. The van der Waals surface area contributed by atoms with Crippen molar-refractivity contribution in [1.29, 1.82) is 0 Å². The maximum absolute atomic E-state index is 11.7. The number of aromatic hydroxyl groups is 1. The lowest BCUT2D eigenvalue weighted by Gasteiger charge is -2.22. The number of nitrogens with one attached hydrogen (secondary N) is 1. The van der Waals surface area contributed by atoms with Crippen LogP contribution in [0.15, 0.2) is 53.2 Å². The van der Waals surface area contributed by atoms with Gasteiger partial charge in [0.25, 0.3) is 0 Å². The van der Waals surface area contributed by atoms with Gasteiger partial charge in [0.1, 0.15) is 17.6 Å². The Hall–Kier alpha value is -2.69. The molecule has 5 nitrogen and oxygen atoms in total. The Morgan fingerprint density at radius 1 is 1.30 bits per heavy atom. The number of furan rings is 1. The Bertz CT molecular complexity index is 644. The third kappa shape index (κ3) is 2.14. The van der Waals surface area contributed by atoms with Crippen LogP contribution in [0.5, 0.6) is 5.75 Å². The summed E-state index contributed by atoms with van der Waals surface area (Å²) in [5, 5.41) is 10.8. The molecule has 20 heavy (non-hydrogen) atoms. The number of nitrogens with zero attached hydrogens (tertiary/aromatic N) is 1. The van der Waals surface area contributed by atoms with Crippen LogP contribution in [0.4, 0.5) is 0 Å². The van der Waals surface area contributed by atoms with Crippen LogP contribution in [-0.2, 0) is 4.79 Å². The van der Waals surface area contributed by atoms with E-state index < -0.39 is 0 Å². The number of hydrazine groups is 1. The Morgan fingerprint density at radius 3 is 2.65 bits per heavy atom. The molecular formula is C15H14N2O3. The van der Waals surface area contributed by atoms with Crippen molar-refractivity contribution in [2.24, 2.45) is 0 Å². The molecule has 102 valence electrons. The van der Waals surface area contributed by atoms with Gasteiger partial charge in [0.2, 0.25) is 5.91 Å². The molecule has 1 aliphatic rings. The highest BCUT2D eigenvalue weighted by molar-refractivity contribution is 5.78. The van der Waals surface area contributed by atoms with E-state index >= 15 is 0 Å². The van der Waals surface area contributed by atoms with Gasteiger partial charge in [-0.05, 0) is 48.0 Å². The Balaban J connectivity index is 1.95. The van der Waals surface area contributed by atoms with Gasteiger partial charge in [-0.3, -0.25) is 10.2 Å². The zero-order valence-corrected chi connectivity index (χ0v) is 10.9. The summed E-state index contributed by atoms with van der Waals surface area (Å²) in [5.74, 6) is 0.802. The van der Waals surface area contributed by atoms with Gasteiger partial charge in [0.15, 0.2) is 0 Å². The van der Waals surface area contributed by atoms with Gasteiger partial charge < -0.3 is 9.52 Å². The van der Waals surface area contributed by atoms with Crippen LogP contribution >= 0.6 is 0 Å². The summed E-state index contributed by atoms with van der Waals surface area (Å²) in [6.45, 7) is 1.50. The molecule has 0 unspecified atom stereocenters. The second-order valence-electron chi connectivity index (χ2n) is 4.59. The predicted molar refractivity (Wildman–Crippen MR) is 73.2 cm³/mol. The number of rotatable bonds is 2. The second-order valence-corrected chi connectivity index (χ2v) is 4.59. The van der Waals surface area contributed by atoms with E-state index in [2.05, 4.69) is 5.43 Å². The number of benzene rings is 1. The molecule has 1 amide bonds. The average molecular weight is 270 g/mol. The van der Waals surface area contributed by atoms with Crippen LogP contribution in [0.2, 0.25) is 0 Å². The van der Waals surface area contributed by atoms with E-state index in [1.807, 2.05) is 12.1 Å². The summed E-state index contributed by atoms with van der Waals surface area (Å²) < 4.78 is 5.38. The summed E-state index contributed by atoms with van der Waals surface area (Å²) in [5.41, 5.74) is 4.77. The molecule has 1 aliphatic heterocycles. The van der Waals surface area contributed by atoms with Crippen molar-refractivity contribution in [2.75, 3.05) is 0 Å². The minimum atomic E-state index is -0.272. The summed E-state index contributed by atoms with van der Waals surface area (Å²) in [4.78, 5) is 11.7. The third-order valence-electron chi connectivity index (χ3n) is 3.20. The normalized spacial score (nSPS) is 17.8. The lowest BCUT2D eigenvalue weighted by atomic mass is 10.1. The van der Waals surface area contributed by atoms with Crippen molar-refractivity contribution in [1.82, 2.24) is 10.4 Å². The van der Waals surface area contributed by atoms with Gasteiger partial charge in [-0.25, -0.2) is 5.01 Å². The maximum Gasteiger partial charge on any atom is 0.238 e. The summed E-state index contributed by atoms with van der Waals surface area (Å²) >= 11 is 0. The molecule has 0 aliphatic carbocycles. The molecule has 2 N–H and O–H groups in total. The van der Waals surface area contributed by atoms with Gasteiger partial charge in [-0.15, -0.1) is 0 Å². The Kier molecular flexibility index (Phi) is 2.95. The summed E-state index contributed by atoms with van der Waals surface area (Å²) in [7, 11) is 0. The molecule has 0 bridgehead atoms. The van der Waals surface area contributed by atoms with Crippen LogP contribution in [0.25, 0.3) is 5.70 Å². The molecule has 0 radical (unpaired) electrons. The fourth-order valence-corrected chi connectivity index (χ4v) is 2.21. The number of carbonyl (C=O) groups is 1. The molecule has 2 heterocycles. The van der Waals surface area contributed by atoms with Gasteiger partial charge in [0, 0.05) is 6.92 Å². The lowest BCUT2D eigenvalue weighted by molar-refractivity contribution is -0.132. The number of hydrogen-bond donors (Lipinski definition) is 2. The van der Waals surface area contributed by atoms with E-state index in [0.29, 0.717) is 5.76 Å². The molecule has 0 spiro atoms. The number of amides is 1. The topological polar surface area (TPSA) is 65.7 Å². The second kappa shape index (κ2) is 4.77. The van der Waals surface area contributed by atoms with E-state index in [-0.39, 0.29) is 17.7 Å². The molecule has 1 aromatic heterocycles. The van der Waals surface area contributed by atoms with Gasteiger partial charge >= 0.3 is 0 Å². The SMILES string of the molecule is CC(=O)N1NC(c2ccc(O)cc2)=C[C@@H]1c1ccco1. The highest BCUT2D eigenvalue weighted by Crippen LogP contribution is 2.31.